The molecule has 6 nitrogen and oxygen atoms in total. The fourth-order valence-electron chi connectivity index (χ4n) is 5.00. The molecule has 0 bridgehead atoms. The molecule has 3 rings (SSSR count). The number of rotatable bonds is 8. The Bertz CT molecular complexity index is 761. The number of carbonyl (C=O) groups is 1. The van der Waals surface area contributed by atoms with E-state index >= 15 is 0 Å². The SMILES string of the molecule is COCCC(=O)N[C@]1(C)C[C@H](c2ccc(OC(F)F)c(OC)c2)O[C@@H]2C[C@H](C)CC[C@H]21. The summed E-state index contributed by atoms with van der Waals surface area (Å²) in [5.41, 5.74) is 0.372. The summed E-state index contributed by atoms with van der Waals surface area (Å²) in [7, 11) is 2.99. The Morgan fingerprint density at radius 1 is 1.29 bits per heavy atom. The van der Waals surface area contributed by atoms with Crippen LogP contribution in [0.25, 0.3) is 0 Å². The number of benzene rings is 1. The largest absolute Gasteiger partial charge is 0.493 e. The molecule has 1 aromatic rings. The van der Waals surface area contributed by atoms with E-state index in [1.165, 1.54) is 13.2 Å². The van der Waals surface area contributed by atoms with Crippen molar-refractivity contribution in [1.82, 2.24) is 5.32 Å². The van der Waals surface area contributed by atoms with Gasteiger partial charge in [0.2, 0.25) is 5.91 Å². The molecule has 1 aliphatic carbocycles. The number of methoxy groups -OCH3 is 2. The molecule has 1 saturated carbocycles. The fourth-order valence-corrected chi connectivity index (χ4v) is 5.00. The Hall–Kier alpha value is -1.93. The Kier molecular flexibility index (Phi) is 7.75. The van der Waals surface area contributed by atoms with E-state index in [4.69, 9.17) is 14.2 Å². The molecule has 1 N–H and O–H groups in total. The topological polar surface area (TPSA) is 66.0 Å². The van der Waals surface area contributed by atoms with Crippen LogP contribution in [0.15, 0.2) is 18.2 Å². The number of hydrogen-bond donors (Lipinski definition) is 1. The van der Waals surface area contributed by atoms with Crippen molar-refractivity contribution in [2.45, 2.75) is 70.3 Å². The quantitative estimate of drug-likeness (QED) is 0.645. The zero-order valence-electron chi connectivity index (χ0n) is 18.7. The van der Waals surface area contributed by atoms with Crippen LogP contribution in [0.1, 0.15) is 57.6 Å². The number of carbonyl (C=O) groups excluding carboxylic acids is 1. The summed E-state index contributed by atoms with van der Waals surface area (Å²) < 4.78 is 46.7. The number of hydrogen-bond acceptors (Lipinski definition) is 5. The molecule has 0 radical (unpaired) electrons. The highest BCUT2D eigenvalue weighted by Crippen LogP contribution is 2.48. The van der Waals surface area contributed by atoms with E-state index in [0.29, 0.717) is 25.4 Å². The van der Waals surface area contributed by atoms with Crippen molar-refractivity contribution in [2.24, 2.45) is 11.8 Å². The van der Waals surface area contributed by atoms with Gasteiger partial charge in [-0.05, 0) is 43.4 Å². The summed E-state index contributed by atoms with van der Waals surface area (Å²) in [6, 6.07) is 4.89. The second-order valence-corrected chi connectivity index (χ2v) is 8.89. The van der Waals surface area contributed by atoms with Gasteiger partial charge in [-0.15, -0.1) is 0 Å². The smallest absolute Gasteiger partial charge is 0.387 e. The second kappa shape index (κ2) is 10.1. The van der Waals surface area contributed by atoms with Gasteiger partial charge in [0.05, 0.1) is 25.9 Å². The maximum absolute atomic E-state index is 12.7. The molecule has 1 aromatic carbocycles. The minimum atomic E-state index is -2.93. The summed E-state index contributed by atoms with van der Waals surface area (Å²) in [6.07, 6.45) is 3.62. The molecule has 2 fully saturated rings. The van der Waals surface area contributed by atoms with E-state index in [-0.39, 0.29) is 35.5 Å². The van der Waals surface area contributed by atoms with Crippen LogP contribution in [0.3, 0.4) is 0 Å². The Morgan fingerprint density at radius 2 is 2.06 bits per heavy atom. The third-order valence-corrected chi connectivity index (χ3v) is 6.55. The summed E-state index contributed by atoms with van der Waals surface area (Å²) in [4.78, 5) is 12.6. The van der Waals surface area contributed by atoms with E-state index in [0.717, 1.165) is 24.8 Å². The van der Waals surface area contributed by atoms with Gasteiger partial charge in [0.15, 0.2) is 11.5 Å². The molecule has 0 aromatic heterocycles. The van der Waals surface area contributed by atoms with Crippen molar-refractivity contribution in [1.29, 1.82) is 0 Å². The first-order valence-electron chi connectivity index (χ1n) is 10.8. The van der Waals surface area contributed by atoms with E-state index in [9.17, 15) is 13.6 Å². The van der Waals surface area contributed by atoms with Crippen LogP contribution >= 0.6 is 0 Å². The molecule has 5 atom stereocenters. The maximum Gasteiger partial charge on any atom is 0.387 e. The lowest BCUT2D eigenvalue weighted by atomic mass is 9.66. The lowest BCUT2D eigenvalue weighted by Gasteiger charge is -2.52. The summed E-state index contributed by atoms with van der Waals surface area (Å²) in [5.74, 6) is 0.934. The van der Waals surface area contributed by atoms with E-state index < -0.39 is 12.2 Å². The van der Waals surface area contributed by atoms with Crippen molar-refractivity contribution < 1.29 is 32.5 Å². The molecule has 31 heavy (non-hydrogen) atoms. The van der Waals surface area contributed by atoms with Gasteiger partial charge in [-0.3, -0.25) is 4.79 Å². The number of ether oxygens (including phenoxy) is 4. The van der Waals surface area contributed by atoms with Gasteiger partial charge < -0.3 is 24.3 Å². The van der Waals surface area contributed by atoms with Crippen LogP contribution in [-0.2, 0) is 14.3 Å². The zero-order chi connectivity index (χ0) is 22.6. The monoisotopic (exact) mass is 441 g/mol. The molecule has 1 amide bonds. The summed E-state index contributed by atoms with van der Waals surface area (Å²) in [5, 5.41) is 3.26. The van der Waals surface area contributed by atoms with Crippen molar-refractivity contribution >= 4 is 5.91 Å². The van der Waals surface area contributed by atoms with Crippen LogP contribution in [0.2, 0.25) is 0 Å². The molecule has 174 valence electrons. The molecular weight excluding hydrogens is 408 g/mol. The number of fused-ring (bicyclic) bond motifs is 1. The molecule has 2 aliphatic rings. The summed E-state index contributed by atoms with van der Waals surface area (Å²) >= 11 is 0. The predicted octanol–water partition coefficient (Wildman–Crippen LogP) is 4.47. The first-order chi connectivity index (χ1) is 14.8. The zero-order valence-corrected chi connectivity index (χ0v) is 18.7. The van der Waals surface area contributed by atoms with Gasteiger partial charge in [-0.25, -0.2) is 0 Å². The average Bonchev–Trinajstić information content (AvgIpc) is 2.71. The number of halogens is 2. The van der Waals surface area contributed by atoms with Crippen LogP contribution in [0.5, 0.6) is 11.5 Å². The molecule has 0 spiro atoms. The molecule has 8 heteroatoms. The highest BCUT2D eigenvalue weighted by Gasteiger charge is 2.49. The van der Waals surface area contributed by atoms with Crippen molar-refractivity contribution in [3.8, 4) is 11.5 Å². The molecule has 1 saturated heterocycles. The normalized spacial score (nSPS) is 30.5. The maximum atomic E-state index is 12.7. The minimum Gasteiger partial charge on any atom is -0.493 e. The molecule has 0 unspecified atom stereocenters. The van der Waals surface area contributed by atoms with E-state index in [1.807, 2.05) is 0 Å². The van der Waals surface area contributed by atoms with Crippen LogP contribution in [0.4, 0.5) is 8.78 Å². The summed E-state index contributed by atoms with van der Waals surface area (Å²) in [6.45, 7) is 1.75. The standard InChI is InChI=1S/C23H33F2NO5/c1-14-5-7-16-18(11-14)30-20(13-23(16,2)26-21(27)9-10-28-3)15-6-8-17(31-22(24)25)19(12-15)29-4/h6,8,12,14,16,18,20,22H,5,7,9-11,13H2,1-4H3,(H,26,27)/t14-,16-,18-,20-,23-/m1/s1. The molecular formula is C23H33F2NO5. The second-order valence-electron chi connectivity index (χ2n) is 8.89. The lowest BCUT2D eigenvalue weighted by molar-refractivity contribution is -0.154. The van der Waals surface area contributed by atoms with Crippen molar-refractivity contribution in [3.63, 3.8) is 0 Å². The first kappa shape index (κ1) is 23.7. The van der Waals surface area contributed by atoms with Crippen molar-refractivity contribution in [3.05, 3.63) is 23.8 Å². The predicted molar refractivity (Wildman–Crippen MR) is 111 cm³/mol. The third-order valence-electron chi connectivity index (χ3n) is 6.55. The first-order valence-corrected chi connectivity index (χ1v) is 10.8. The van der Waals surface area contributed by atoms with Gasteiger partial charge in [0.25, 0.3) is 0 Å². The highest BCUT2D eigenvalue weighted by molar-refractivity contribution is 5.77. The fraction of sp³-hybridized carbons (Fsp3) is 0.696. The van der Waals surface area contributed by atoms with Crippen LogP contribution in [0, 0.1) is 11.8 Å². The van der Waals surface area contributed by atoms with Crippen molar-refractivity contribution in [2.75, 3.05) is 20.8 Å². The number of amides is 1. The Labute approximate surface area is 182 Å². The van der Waals surface area contributed by atoms with E-state index in [1.54, 1.807) is 19.2 Å². The van der Waals surface area contributed by atoms with Crippen LogP contribution in [-0.4, -0.2) is 45.0 Å². The average molecular weight is 442 g/mol. The number of nitrogens with one attached hydrogen (secondary N) is 1. The Balaban J connectivity index is 1.86. The minimum absolute atomic E-state index is 0.0122. The highest BCUT2D eigenvalue weighted by atomic mass is 19.3. The van der Waals surface area contributed by atoms with Gasteiger partial charge in [-0.2, -0.15) is 8.78 Å². The molecule has 1 heterocycles. The third kappa shape index (κ3) is 5.66. The van der Waals surface area contributed by atoms with Crippen LogP contribution < -0.4 is 14.8 Å². The van der Waals surface area contributed by atoms with E-state index in [2.05, 4.69) is 23.9 Å². The molecule has 1 aliphatic heterocycles. The Morgan fingerprint density at radius 3 is 2.74 bits per heavy atom. The van der Waals surface area contributed by atoms with Gasteiger partial charge >= 0.3 is 6.61 Å². The van der Waals surface area contributed by atoms with Gasteiger partial charge in [0, 0.05) is 31.4 Å². The van der Waals surface area contributed by atoms with Gasteiger partial charge in [0.1, 0.15) is 0 Å². The number of alkyl halides is 2. The van der Waals surface area contributed by atoms with Gasteiger partial charge in [-0.1, -0.05) is 19.4 Å². The lowest BCUT2D eigenvalue weighted by Crippen LogP contribution is -2.60.